The maximum atomic E-state index is 9.05. The van der Waals surface area contributed by atoms with Crippen LogP contribution in [0.2, 0.25) is 0 Å². The third-order valence-corrected chi connectivity index (χ3v) is 7.57. The van der Waals surface area contributed by atoms with Gasteiger partial charge in [0.05, 0.1) is 11.3 Å². The third-order valence-electron chi connectivity index (χ3n) is 7.57. The highest BCUT2D eigenvalue weighted by molar-refractivity contribution is 5.84. The largest absolute Gasteiger partial charge is 0.451 e. The summed E-state index contributed by atoms with van der Waals surface area (Å²) in [5.74, 6) is 1.94. The zero-order valence-electron chi connectivity index (χ0n) is 23.1. The summed E-state index contributed by atoms with van der Waals surface area (Å²) in [6.07, 6.45) is 8.21. The number of anilines is 2. The number of hydrogen-bond donors (Lipinski definition) is 2. The zero-order valence-corrected chi connectivity index (χ0v) is 23.1. The Kier molecular flexibility index (Phi) is 6.90. The molecular weight excluding hydrogens is 542 g/mol. The molecule has 0 amide bonds. The smallest absolute Gasteiger partial charge is 0.234 e. The van der Waals surface area contributed by atoms with E-state index in [0.29, 0.717) is 40.5 Å². The Morgan fingerprint density at radius 2 is 1.79 bits per heavy atom. The van der Waals surface area contributed by atoms with Crippen LogP contribution in [0.1, 0.15) is 24.2 Å². The fraction of sp³-hybridized carbons (Fsp3) is 0.194. The van der Waals surface area contributed by atoms with E-state index in [4.69, 9.17) is 25.4 Å². The van der Waals surface area contributed by atoms with Gasteiger partial charge in [-0.3, -0.25) is 9.47 Å². The van der Waals surface area contributed by atoms with Crippen LogP contribution in [0.15, 0.2) is 84.1 Å². The Bertz CT molecular complexity index is 1920. The van der Waals surface area contributed by atoms with E-state index in [2.05, 4.69) is 54.4 Å². The summed E-state index contributed by atoms with van der Waals surface area (Å²) in [7, 11) is 0. The van der Waals surface area contributed by atoms with Gasteiger partial charge < -0.3 is 15.5 Å². The first-order chi connectivity index (χ1) is 21.1. The molecule has 0 bridgehead atoms. The monoisotopic (exact) mass is 569 g/mol. The Labute approximate surface area is 246 Å². The number of aromatic nitrogens is 7. The minimum absolute atomic E-state index is 0.178. The lowest BCUT2D eigenvalue weighted by molar-refractivity contribution is 0.211. The van der Waals surface area contributed by atoms with Gasteiger partial charge in [0.2, 0.25) is 5.82 Å². The summed E-state index contributed by atoms with van der Waals surface area (Å²) in [6.45, 7) is 2.77. The molecule has 12 heteroatoms. The van der Waals surface area contributed by atoms with E-state index in [0.717, 1.165) is 49.2 Å². The average molecular weight is 570 g/mol. The van der Waals surface area contributed by atoms with Crippen LogP contribution >= 0.6 is 0 Å². The van der Waals surface area contributed by atoms with Gasteiger partial charge >= 0.3 is 0 Å². The fourth-order valence-corrected chi connectivity index (χ4v) is 5.42. The summed E-state index contributed by atoms with van der Waals surface area (Å²) in [5.41, 5.74) is 11.9. The van der Waals surface area contributed by atoms with Crippen LogP contribution < -0.4 is 11.1 Å². The van der Waals surface area contributed by atoms with Crippen LogP contribution in [-0.4, -0.2) is 58.5 Å². The number of rotatable bonds is 7. The van der Waals surface area contributed by atoms with Crippen molar-refractivity contribution in [3.8, 4) is 34.5 Å². The molecule has 0 spiro atoms. The lowest BCUT2D eigenvalue weighted by Gasteiger charge is -2.32. The van der Waals surface area contributed by atoms with Crippen molar-refractivity contribution in [2.45, 2.75) is 25.4 Å². The molecule has 0 unspecified atom stereocenters. The van der Waals surface area contributed by atoms with Crippen molar-refractivity contribution < 1.29 is 4.42 Å². The van der Waals surface area contributed by atoms with E-state index in [1.54, 1.807) is 24.7 Å². The molecule has 1 aliphatic heterocycles. The maximum absolute atomic E-state index is 9.05. The topological polar surface area (TPSA) is 160 Å². The van der Waals surface area contributed by atoms with Crippen molar-refractivity contribution in [1.29, 1.82) is 5.26 Å². The molecule has 43 heavy (non-hydrogen) atoms. The molecule has 6 heterocycles. The Morgan fingerprint density at radius 3 is 2.56 bits per heavy atom. The fourth-order valence-electron chi connectivity index (χ4n) is 5.42. The average Bonchev–Trinajstić information content (AvgIpc) is 3.71. The second-order valence-corrected chi connectivity index (χ2v) is 10.4. The molecule has 3 N–H and O–H groups in total. The molecule has 0 radical (unpaired) electrons. The molecule has 1 aliphatic rings. The second kappa shape index (κ2) is 11.3. The number of nitrogens with two attached hydrogens (primary N) is 1. The summed E-state index contributed by atoms with van der Waals surface area (Å²) in [6, 6.07) is 20.1. The molecule has 5 aromatic heterocycles. The number of oxazole rings is 1. The van der Waals surface area contributed by atoms with E-state index >= 15 is 0 Å². The van der Waals surface area contributed by atoms with E-state index in [-0.39, 0.29) is 5.82 Å². The number of nitrogens with zero attached hydrogens (tertiary/aromatic N) is 9. The first-order valence-electron chi connectivity index (χ1n) is 13.9. The van der Waals surface area contributed by atoms with Gasteiger partial charge in [0.15, 0.2) is 17.9 Å². The van der Waals surface area contributed by atoms with Crippen LogP contribution in [0.25, 0.3) is 39.6 Å². The molecule has 1 saturated heterocycles. The van der Waals surface area contributed by atoms with Crippen molar-refractivity contribution in [1.82, 2.24) is 39.4 Å². The van der Waals surface area contributed by atoms with E-state index in [1.807, 2.05) is 34.9 Å². The predicted molar refractivity (Wildman–Crippen MR) is 161 cm³/mol. The van der Waals surface area contributed by atoms with E-state index in [9.17, 15) is 0 Å². The van der Waals surface area contributed by atoms with E-state index < -0.39 is 0 Å². The van der Waals surface area contributed by atoms with Crippen LogP contribution in [0.4, 0.5) is 11.6 Å². The first kappa shape index (κ1) is 26.2. The SMILES string of the molecule is N#Cc1nccc(NC2CCN(Cc3ccc(-n4c(-c5cccnc5N)nc5ccc(-c6cocn6)nc54)cc3)CC2)n1. The number of nitriles is 1. The van der Waals surface area contributed by atoms with Crippen LogP contribution in [0, 0.1) is 11.3 Å². The van der Waals surface area contributed by atoms with Crippen LogP contribution in [0.3, 0.4) is 0 Å². The minimum Gasteiger partial charge on any atom is -0.451 e. The Hall–Kier alpha value is -5.67. The van der Waals surface area contributed by atoms with Crippen molar-refractivity contribution in [3.05, 3.63) is 91.0 Å². The predicted octanol–water partition coefficient (Wildman–Crippen LogP) is 4.46. The molecule has 1 fully saturated rings. The molecule has 6 aromatic rings. The highest BCUT2D eigenvalue weighted by Crippen LogP contribution is 2.31. The van der Waals surface area contributed by atoms with Crippen molar-refractivity contribution >= 4 is 22.8 Å². The molecule has 1 aromatic carbocycles. The number of fused-ring (bicyclic) bond motifs is 1. The third kappa shape index (κ3) is 5.37. The molecule has 7 rings (SSSR count). The number of nitrogen functional groups attached to an aromatic ring is 1. The Balaban J connectivity index is 1.12. The highest BCUT2D eigenvalue weighted by atomic mass is 16.3. The second-order valence-electron chi connectivity index (χ2n) is 10.4. The molecule has 0 atom stereocenters. The number of hydrogen-bond acceptors (Lipinski definition) is 11. The highest BCUT2D eigenvalue weighted by Gasteiger charge is 2.21. The molecule has 0 saturated carbocycles. The lowest BCUT2D eigenvalue weighted by atomic mass is 10.0. The van der Waals surface area contributed by atoms with Gasteiger partial charge in [-0.25, -0.2) is 29.9 Å². The van der Waals surface area contributed by atoms with Gasteiger partial charge in [0.1, 0.15) is 35.2 Å². The van der Waals surface area contributed by atoms with Gasteiger partial charge in [0.25, 0.3) is 0 Å². The number of benzene rings is 1. The normalized spacial score (nSPS) is 14.1. The zero-order chi connectivity index (χ0) is 29.2. The van der Waals surface area contributed by atoms with Crippen LogP contribution in [0.5, 0.6) is 0 Å². The van der Waals surface area contributed by atoms with Gasteiger partial charge in [0, 0.05) is 43.8 Å². The quantitative estimate of drug-likeness (QED) is 0.279. The number of pyridine rings is 2. The van der Waals surface area contributed by atoms with Crippen molar-refractivity contribution in [2.75, 3.05) is 24.1 Å². The van der Waals surface area contributed by atoms with Gasteiger partial charge in [-0.15, -0.1) is 0 Å². The lowest BCUT2D eigenvalue weighted by Crippen LogP contribution is -2.38. The summed E-state index contributed by atoms with van der Waals surface area (Å²) < 4.78 is 7.19. The number of piperidine rings is 1. The number of likely N-dealkylation sites (tertiary alicyclic amines) is 1. The molecule has 0 aliphatic carbocycles. The van der Waals surface area contributed by atoms with Gasteiger partial charge in [-0.05, 0) is 60.9 Å². The number of imidazole rings is 1. The maximum Gasteiger partial charge on any atom is 0.234 e. The molecule has 12 nitrogen and oxygen atoms in total. The number of nitrogens with one attached hydrogen (secondary N) is 1. The molecule has 212 valence electrons. The van der Waals surface area contributed by atoms with Crippen molar-refractivity contribution in [2.24, 2.45) is 0 Å². The van der Waals surface area contributed by atoms with Gasteiger partial charge in [-0.2, -0.15) is 5.26 Å². The molecular formula is C31H27N11O. The standard InChI is InChI=1S/C31H27N11O/c32-16-28-34-13-9-27(40-28)37-21-10-14-41(15-11-21)17-20-3-5-22(6-4-20)42-30(23-2-1-12-35-29(23)33)39-25-8-7-24(38-31(25)42)26-18-43-19-36-26/h1-9,12-13,18-19,21H,10-11,14-15,17H2,(H2,33,35)(H,34,37,40). The van der Waals surface area contributed by atoms with Crippen LogP contribution in [-0.2, 0) is 6.54 Å². The Morgan fingerprint density at radius 1 is 0.930 bits per heavy atom. The summed E-state index contributed by atoms with van der Waals surface area (Å²) in [4.78, 5) is 29.0. The summed E-state index contributed by atoms with van der Waals surface area (Å²) >= 11 is 0. The van der Waals surface area contributed by atoms with E-state index in [1.165, 1.54) is 12.0 Å². The minimum atomic E-state index is 0.178. The van der Waals surface area contributed by atoms with Gasteiger partial charge in [-0.1, -0.05) is 12.1 Å². The first-order valence-corrected chi connectivity index (χ1v) is 13.9. The van der Waals surface area contributed by atoms with Crippen molar-refractivity contribution in [3.63, 3.8) is 0 Å². The summed E-state index contributed by atoms with van der Waals surface area (Å²) in [5, 5.41) is 12.5.